The first-order valence-corrected chi connectivity index (χ1v) is 8.27. The zero-order valence-corrected chi connectivity index (χ0v) is 14.8. The Morgan fingerprint density at radius 2 is 1.83 bits per heavy atom. The monoisotopic (exact) mass is 395 g/mol. The van der Waals surface area contributed by atoms with Crippen molar-refractivity contribution in [2.24, 2.45) is 5.10 Å². The van der Waals surface area contributed by atoms with Gasteiger partial charge in [0.05, 0.1) is 18.2 Å². The summed E-state index contributed by atoms with van der Waals surface area (Å²) >= 11 is 0. The van der Waals surface area contributed by atoms with Crippen LogP contribution in [0.25, 0.3) is 0 Å². The van der Waals surface area contributed by atoms with Gasteiger partial charge in [0.1, 0.15) is 11.6 Å². The number of hydrazone groups is 1. The van der Waals surface area contributed by atoms with E-state index in [0.29, 0.717) is 5.56 Å². The average Bonchev–Trinajstić information content (AvgIpc) is 3.25. The number of esters is 1. The number of hydrogen-bond acceptors (Lipinski definition) is 6. The van der Waals surface area contributed by atoms with Crippen molar-refractivity contribution < 1.29 is 27.9 Å². The molecule has 146 valence electrons. The quantitative estimate of drug-likeness (QED) is 0.227. The number of anilines is 1. The SMILES string of the molecule is O=C(NN=Cc1cccc(OC(=O)c2ccco2)c1)C(=O)Nc1ccccc1F. The van der Waals surface area contributed by atoms with Gasteiger partial charge in [-0.2, -0.15) is 5.10 Å². The molecule has 29 heavy (non-hydrogen) atoms. The van der Waals surface area contributed by atoms with Gasteiger partial charge >= 0.3 is 17.8 Å². The lowest BCUT2D eigenvalue weighted by Crippen LogP contribution is -2.32. The van der Waals surface area contributed by atoms with E-state index >= 15 is 0 Å². The molecule has 0 bridgehead atoms. The minimum Gasteiger partial charge on any atom is -0.457 e. The Kier molecular flexibility index (Phi) is 6.11. The number of nitrogens with zero attached hydrogens (tertiary/aromatic N) is 1. The maximum absolute atomic E-state index is 13.5. The van der Waals surface area contributed by atoms with E-state index in [2.05, 4.69) is 10.4 Å². The van der Waals surface area contributed by atoms with Crippen molar-refractivity contribution in [2.45, 2.75) is 0 Å². The van der Waals surface area contributed by atoms with Gasteiger partial charge in [-0.15, -0.1) is 0 Å². The van der Waals surface area contributed by atoms with Gasteiger partial charge in [0.15, 0.2) is 0 Å². The maximum Gasteiger partial charge on any atom is 0.379 e. The molecule has 0 unspecified atom stereocenters. The second-order valence-corrected chi connectivity index (χ2v) is 5.57. The fourth-order valence-electron chi connectivity index (χ4n) is 2.17. The molecule has 0 saturated carbocycles. The number of amides is 2. The van der Waals surface area contributed by atoms with Crippen LogP contribution in [0.15, 0.2) is 76.4 Å². The fourth-order valence-corrected chi connectivity index (χ4v) is 2.17. The van der Waals surface area contributed by atoms with E-state index in [1.807, 2.05) is 5.43 Å². The van der Waals surface area contributed by atoms with Crippen LogP contribution in [0.5, 0.6) is 5.75 Å². The summed E-state index contributed by atoms with van der Waals surface area (Å²) in [5, 5.41) is 5.80. The number of nitrogens with one attached hydrogen (secondary N) is 2. The molecule has 0 fully saturated rings. The largest absolute Gasteiger partial charge is 0.457 e. The van der Waals surface area contributed by atoms with E-state index in [0.717, 1.165) is 6.07 Å². The Bertz CT molecular complexity index is 1060. The van der Waals surface area contributed by atoms with E-state index in [1.54, 1.807) is 24.3 Å². The number of ether oxygens (including phenoxy) is 1. The number of carbonyl (C=O) groups is 3. The second kappa shape index (κ2) is 9.09. The van der Waals surface area contributed by atoms with Crippen LogP contribution in [0.3, 0.4) is 0 Å². The lowest BCUT2D eigenvalue weighted by Gasteiger charge is -2.05. The fraction of sp³-hybridized carbons (Fsp3) is 0. The Morgan fingerprint density at radius 1 is 1.00 bits per heavy atom. The number of halogens is 1. The molecular formula is C20H14FN3O5. The van der Waals surface area contributed by atoms with Gasteiger partial charge in [-0.1, -0.05) is 24.3 Å². The summed E-state index contributed by atoms with van der Waals surface area (Å²) in [6.45, 7) is 0. The number of para-hydroxylation sites is 1. The van der Waals surface area contributed by atoms with E-state index in [4.69, 9.17) is 9.15 Å². The van der Waals surface area contributed by atoms with E-state index in [1.165, 1.54) is 42.8 Å². The molecule has 0 aliphatic heterocycles. The Morgan fingerprint density at radius 3 is 2.59 bits per heavy atom. The van der Waals surface area contributed by atoms with E-state index < -0.39 is 23.6 Å². The summed E-state index contributed by atoms with van der Waals surface area (Å²) in [5.74, 6) is -3.20. The lowest BCUT2D eigenvalue weighted by molar-refractivity contribution is -0.136. The van der Waals surface area contributed by atoms with Gasteiger partial charge in [0.25, 0.3) is 0 Å². The molecule has 2 N–H and O–H groups in total. The van der Waals surface area contributed by atoms with Gasteiger partial charge in [0.2, 0.25) is 5.76 Å². The first-order chi connectivity index (χ1) is 14.0. The molecule has 0 atom stereocenters. The van der Waals surface area contributed by atoms with E-state index in [-0.39, 0.29) is 17.2 Å². The molecule has 0 aliphatic rings. The van der Waals surface area contributed by atoms with Crippen LogP contribution in [0.1, 0.15) is 16.1 Å². The van der Waals surface area contributed by atoms with Gasteiger partial charge in [-0.3, -0.25) is 9.59 Å². The standard InChI is InChI=1S/C20H14FN3O5/c21-15-7-1-2-8-16(15)23-18(25)19(26)24-22-12-13-5-3-6-14(11-13)29-20(27)17-9-4-10-28-17/h1-12H,(H,23,25)(H,24,26). The highest BCUT2D eigenvalue weighted by Crippen LogP contribution is 2.15. The molecule has 0 spiro atoms. The molecule has 3 rings (SSSR count). The molecule has 0 aliphatic carbocycles. The third kappa shape index (κ3) is 5.36. The first kappa shape index (κ1) is 19.5. The highest BCUT2D eigenvalue weighted by atomic mass is 19.1. The third-order valence-electron chi connectivity index (χ3n) is 3.50. The molecule has 2 amide bonds. The predicted octanol–water partition coefficient (Wildman–Crippen LogP) is 2.73. The van der Waals surface area contributed by atoms with Crippen molar-refractivity contribution in [3.63, 3.8) is 0 Å². The van der Waals surface area contributed by atoms with Gasteiger partial charge < -0.3 is 14.5 Å². The van der Waals surface area contributed by atoms with Crippen molar-refractivity contribution in [1.29, 1.82) is 0 Å². The minimum atomic E-state index is -1.08. The average molecular weight is 395 g/mol. The molecule has 3 aromatic rings. The summed E-state index contributed by atoms with van der Waals surface area (Å²) in [6.07, 6.45) is 2.60. The number of hydrogen-bond donors (Lipinski definition) is 2. The normalized spacial score (nSPS) is 10.5. The molecular weight excluding hydrogens is 381 g/mol. The molecule has 1 aromatic heterocycles. The summed E-state index contributed by atoms with van der Waals surface area (Å²) in [4.78, 5) is 35.4. The molecule has 2 aromatic carbocycles. The summed E-state index contributed by atoms with van der Waals surface area (Å²) in [6, 6.07) is 14.8. The third-order valence-corrected chi connectivity index (χ3v) is 3.50. The molecule has 9 heteroatoms. The topological polar surface area (TPSA) is 110 Å². The number of carbonyl (C=O) groups excluding carboxylic acids is 3. The Balaban J connectivity index is 1.56. The summed E-state index contributed by atoms with van der Waals surface area (Å²) < 4.78 is 23.6. The van der Waals surface area contributed by atoms with Crippen LogP contribution in [-0.2, 0) is 9.59 Å². The molecule has 8 nitrogen and oxygen atoms in total. The van der Waals surface area contributed by atoms with Crippen molar-refractivity contribution in [3.8, 4) is 5.75 Å². The number of furan rings is 1. The number of rotatable bonds is 5. The van der Waals surface area contributed by atoms with Gasteiger partial charge in [-0.05, 0) is 42.0 Å². The zero-order valence-electron chi connectivity index (χ0n) is 14.8. The van der Waals surface area contributed by atoms with Gasteiger partial charge in [0, 0.05) is 0 Å². The van der Waals surface area contributed by atoms with Gasteiger partial charge in [-0.25, -0.2) is 14.6 Å². The van der Waals surface area contributed by atoms with Crippen LogP contribution < -0.4 is 15.5 Å². The van der Waals surface area contributed by atoms with E-state index in [9.17, 15) is 18.8 Å². The van der Waals surface area contributed by atoms with Crippen LogP contribution in [0.4, 0.5) is 10.1 Å². The van der Waals surface area contributed by atoms with Crippen molar-refractivity contribution in [1.82, 2.24) is 5.43 Å². The Labute approximate surface area is 164 Å². The molecule has 0 saturated heterocycles. The highest BCUT2D eigenvalue weighted by Gasteiger charge is 2.15. The zero-order chi connectivity index (χ0) is 20.6. The van der Waals surface area contributed by atoms with Crippen LogP contribution >= 0.6 is 0 Å². The first-order valence-electron chi connectivity index (χ1n) is 8.27. The van der Waals surface area contributed by atoms with Crippen LogP contribution in [-0.4, -0.2) is 24.0 Å². The van der Waals surface area contributed by atoms with Crippen LogP contribution in [0, 0.1) is 5.82 Å². The highest BCUT2D eigenvalue weighted by molar-refractivity contribution is 6.39. The number of benzene rings is 2. The Hall–Kier alpha value is -4.27. The predicted molar refractivity (Wildman–Crippen MR) is 101 cm³/mol. The van der Waals surface area contributed by atoms with Crippen molar-refractivity contribution >= 4 is 29.7 Å². The summed E-state index contributed by atoms with van der Waals surface area (Å²) in [5.41, 5.74) is 2.39. The summed E-state index contributed by atoms with van der Waals surface area (Å²) in [7, 11) is 0. The lowest BCUT2D eigenvalue weighted by atomic mass is 10.2. The second-order valence-electron chi connectivity index (χ2n) is 5.57. The van der Waals surface area contributed by atoms with Crippen molar-refractivity contribution in [3.05, 3.63) is 84.1 Å². The smallest absolute Gasteiger partial charge is 0.379 e. The minimum absolute atomic E-state index is 0.0530. The molecule has 1 heterocycles. The van der Waals surface area contributed by atoms with Crippen LogP contribution in [0.2, 0.25) is 0 Å². The van der Waals surface area contributed by atoms with Crippen molar-refractivity contribution in [2.75, 3.05) is 5.32 Å². The maximum atomic E-state index is 13.5. The molecule has 0 radical (unpaired) electrons.